The molecule has 3 nitrogen and oxygen atoms in total. The molecule has 0 aliphatic heterocycles. The summed E-state index contributed by atoms with van der Waals surface area (Å²) in [6.07, 6.45) is 1.89. The monoisotopic (exact) mass is 160 g/mol. The third-order valence-electron chi connectivity index (χ3n) is 2.31. The van der Waals surface area contributed by atoms with Crippen LogP contribution >= 0.6 is 0 Å². The van der Waals surface area contributed by atoms with Crippen molar-refractivity contribution in [1.82, 2.24) is 0 Å². The molecule has 0 bridgehead atoms. The zero-order valence-corrected chi connectivity index (χ0v) is 7.76. The van der Waals surface area contributed by atoms with Gasteiger partial charge in [-0.3, -0.25) is 0 Å². The maximum atomic E-state index is 5.76. The van der Waals surface area contributed by atoms with Gasteiger partial charge in [-0.1, -0.05) is 0 Å². The van der Waals surface area contributed by atoms with Gasteiger partial charge in [0.2, 0.25) is 0 Å². The summed E-state index contributed by atoms with van der Waals surface area (Å²) in [7, 11) is 1.69. The van der Waals surface area contributed by atoms with Crippen molar-refractivity contribution in [2.45, 2.75) is 38.3 Å². The molecular formula is C8H20N2O. The van der Waals surface area contributed by atoms with Crippen LogP contribution in [0, 0.1) is 0 Å². The summed E-state index contributed by atoms with van der Waals surface area (Å²) in [5, 5.41) is 0. The lowest BCUT2D eigenvalue weighted by atomic mass is 9.93. The first-order chi connectivity index (χ1) is 5.06. The van der Waals surface area contributed by atoms with Gasteiger partial charge in [0.05, 0.1) is 5.60 Å². The van der Waals surface area contributed by atoms with Crippen LogP contribution in [0.4, 0.5) is 0 Å². The van der Waals surface area contributed by atoms with E-state index in [4.69, 9.17) is 16.2 Å². The Hall–Kier alpha value is -0.120. The Morgan fingerprint density at radius 2 is 2.09 bits per heavy atom. The van der Waals surface area contributed by atoms with E-state index in [0.29, 0.717) is 6.54 Å². The van der Waals surface area contributed by atoms with E-state index >= 15 is 0 Å². The van der Waals surface area contributed by atoms with Gasteiger partial charge in [0, 0.05) is 13.2 Å². The molecule has 3 heteroatoms. The van der Waals surface area contributed by atoms with Crippen LogP contribution in [0.1, 0.15) is 26.7 Å². The van der Waals surface area contributed by atoms with Crippen molar-refractivity contribution >= 4 is 0 Å². The zero-order valence-electron chi connectivity index (χ0n) is 7.76. The third kappa shape index (κ3) is 3.18. The Morgan fingerprint density at radius 1 is 1.55 bits per heavy atom. The minimum Gasteiger partial charge on any atom is -0.377 e. The molecule has 0 aromatic rings. The second kappa shape index (κ2) is 4.70. The van der Waals surface area contributed by atoms with Gasteiger partial charge >= 0.3 is 0 Å². The highest BCUT2D eigenvalue weighted by Crippen LogP contribution is 2.19. The summed E-state index contributed by atoms with van der Waals surface area (Å²) in [4.78, 5) is 0. The van der Waals surface area contributed by atoms with Crippen molar-refractivity contribution in [3.63, 3.8) is 0 Å². The molecule has 2 atom stereocenters. The molecule has 0 rings (SSSR count). The molecule has 0 saturated carbocycles. The topological polar surface area (TPSA) is 61.3 Å². The Bertz CT molecular complexity index is 106. The van der Waals surface area contributed by atoms with E-state index in [-0.39, 0.29) is 11.6 Å². The molecule has 0 aliphatic rings. The van der Waals surface area contributed by atoms with Crippen molar-refractivity contribution in [1.29, 1.82) is 0 Å². The summed E-state index contributed by atoms with van der Waals surface area (Å²) in [5.74, 6) is 0. The maximum absolute atomic E-state index is 5.76. The fourth-order valence-electron chi connectivity index (χ4n) is 0.969. The van der Waals surface area contributed by atoms with Crippen LogP contribution in [0.3, 0.4) is 0 Å². The van der Waals surface area contributed by atoms with E-state index in [2.05, 4.69) is 0 Å². The van der Waals surface area contributed by atoms with Gasteiger partial charge in [-0.2, -0.15) is 0 Å². The molecule has 2 unspecified atom stereocenters. The van der Waals surface area contributed by atoms with Crippen molar-refractivity contribution < 1.29 is 4.74 Å². The van der Waals surface area contributed by atoms with Gasteiger partial charge in [0.1, 0.15) is 0 Å². The molecule has 4 N–H and O–H groups in total. The molecular weight excluding hydrogens is 140 g/mol. The minimum atomic E-state index is -0.209. The van der Waals surface area contributed by atoms with Gasteiger partial charge in [-0.15, -0.1) is 0 Å². The lowest BCUT2D eigenvalue weighted by molar-refractivity contribution is -0.0188. The highest BCUT2D eigenvalue weighted by Gasteiger charge is 2.27. The normalized spacial score (nSPS) is 19.4. The highest BCUT2D eigenvalue weighted by atomic mass is 16.5. The molecule has 0 aromatic carbocycles. The summed E-state index contributed by atoms with van der Waals surface area (Å²) < 4.78 is 5.32. The van der Waals surface area contributed by atoms with Gasteiger partial charge < -0.3 is 16.2 Å². The van der Waals surface area contributed by atoms with E-state index in [1.807, 2.05) is 13.8 Å². The molecule has 11 heavy (non-hydrogen) atoms. The Morgan fingerprint density at radius 3 is 2.36 bits per heavy atom. The number of nitrogens with two attached hydrogens (primary N) is 2. The second-order valence-corrected chi connectivity index (χ2v) is 3.20. The van der Waals surface area contributed by atoms with Crippen LogP contribution in [0.5, 0.6) is 0 Å². The van der Waals surface area contributed by atoms with Gasteiger partial charge in [-0.25, -0.2) is 0 Å². The summed E-state index contributed by atoms with van der Waals surface area (Å²) >= 11 is 0. The molecule has 0 aliphatic carbocycles. The van der Waals surface area contributed by atoms with Crippen LogP contribution in [-0.4, -0.2) is 25.3 Å². The predicted molar refractivity (Wildman–Crippen MR) is 47.4 cm³/mol. The Kier molecular flexibility index (Phi) is 4.65. The minimum absolute atomic E-state index is 0.0547. The number of methoxy groups -OCH3 is 1. The lowest BCUT2D eigenvalue weighted by Crippen LogP contribution is -2.45. The van der Waals surface area contributed by atoms with Crippen molar-refractivity contribution in [2.75, 3.05) is 13.7 Å². The van der Waals surface area contributed by atoms with E-state index in [1.165, 1.54) is 0 Å². The van der Waals surface area contributed by atoms with Crippen molar-refractivity contribution in [3.05, 3.63) is 0 Å². The van der Waals surface area contributed by atoms with Gasteiger partial charge in [-0.05, 0) is 33.2 Å². The Labute approximate surface area is 69.1 Å². The van der Waals surface area contributed by atoms with Crippen LogP contribution in [0.2, 0.25) is 0 Å². The molecule has 0 spiro atoms. The van der Waals surface area contributed by atoms with Gasteiger partial charge in [0.15, 0.2) is 0 Å². The SMILES string of the molecule is COC(C)(CCCN)C(C)N. The maximum Gasteiger partial charge on any atom is 0.0798 e. The molecule has 0 heterocycles. The van der Waals surface area contributed by atoms with Gasteiger partial charge in [0.25, 0.3) is 0 Å². The van der Waals surface area contributed by atoms with Crippen LogP contribution in [0.25, 0.3) is 0 Å². The lowest BCUT2D eigenvalue weighted by Gasteiger charge is -2.31. The first-order valence-corrected chi connectivity index (χ1v) is 4.07. The molecule has 0 fully saturated rings. The number of hydrogen-bond donors (Lipinski definition) is 2. The predicted octanol–water partition coefficient (Wildman–Crippen LogP) is 0.478. The molecule has 0 saturated heterocycles. The third-order valence-corrected chi connectivity index (χ3v) is 2.31. The first kappa shape index (κ1) is 10.9. The smallest absolute Gasteiger partial charge is 0.0798 e. The Balaban J connectivity index is 3.88. The molecule has 0 aromatic heterocycles. The average Bonchev–Trinajstić information content (AvgIpc) is 2.00. The van der Waals surface area contributed by atoms with Crippen LogP contribution in [0.15, 0.2) is 0 Å². The first-order valence-electron chi connectivity index (χ1n) is 4.07. The fraction of sp³-hybridized carbons (Fsp3) is 1.00. The molecule has 68 valence electrons. The highest BCUT2D eigenvalue weighted by molar-refractivity contribution is 4.83. The number of ether oxygens (including phenoxy) is 1. The van der Waals surface area contributed by atoms with Crippen molar-refractivity contribution in [2.24, 2.45) is 11.5 Å². The molecule has 0 amide bonds. The largest absolute Gasteiger partial charge is 0.377 e. The molecule has 0 radical (unpaired) electrons. The van der Waals surface area contributed by atoms with Crippen molar-refractivity contribution in [3.8, 4) is 0 Å². The van der Waals surface area contributed by atoms with Crippen LogP contribution < -0.4 is 11.5 Å². The zero-order chi connectivity index (χ0) is 8.91. The second-order valence-electron chi connectivity index (χ2n) is 3.20. The quantitative estimate of drug-likeness (QED) is 0.615. The van der Waals surface area contributed by atoms with E-state index in [9.17, 15) is 0 Å². The fourth-order valence-corrected chi connectivity index (χ4v) is 0.969. The average molecular weight is 160 g/mol. The van der Waals surface area contributed by atoms with E-state index in [0.717, 1.165) is 12.8 Å². The summed E-state index contributed by atoms with van der Waals surface area (Å²) in [6.45, 7) is 4.68. The number of rotatable bonds is 5. The number of hydrogen-bond acceptors (Lipinski definition) is 3. The summed E-state index contributed by atoms with van der Waals surface area (Å²) in [5.41, 5.74) is 10.9. The standard InChI is InChI=1S/C8H20N2O/c1-7(10)8(2,11-3)5-4-6-9/h7H,4-6,9-10H2,1-3H3. The summed E-state index contributed by atoms with van der Waals surface area (Å²) in [6, 6.07) is 0.0547. The van der Waals surface area contributed by atoms with Crippen LogP contribution in [-0.2, 0) is 4.74 Å². The van der Waals surface area contributed by atoms with E-state index < -0.39 is 0 Å². The van der Waals surface area contributed by atoms with E-state index in [1.54, 1.807) is 7.11 Å².